The van der Waals surface area contributed by atoms with Gasteiger partial charge in [0.25, 0.3) is 0 Å². The predicted octanol–water partition coefficient (Wildman–Crippen LogP) is 2.36. The Labute approximate surface area is 114 Å². The van der Waals surface area contributed by atoms with Crippen LogP contribution in [0.3, 0.4) is 0 Å². The number of carbonyl (C=O) groups excluding carboxylic acids is 2. The molecule has 1 saturated heterocycles. The molecule has 1 heterocycles. The van der Waals surface area contributed by atoms with E-state index in [1.165, 1.54) is 12.0 Å². The van der Waals surface area contributed by atoms with E-state index >= 15 is 0 Å². The second-order valence-electron chi connectivity index (χ2n) is 5.87. The Morgan fingerprint density at radius 2 is 1.95 bits per heavy atom. The third-order valence-corrected chi connectivity index (χ3v) is 3.15. The van der Waals surface area contributed by atoms with Crippen molar-refractivity contribution in [1.82, 2.24) is 4.90 Å². The summed E-state index contributed by atoms with van der Waals surface area (Å²) in [5.41, 5.74) is -0.602. The molecule has 108 valence electrons. The van der Waals surface area contributed by atoms with E-state index in [9.17, 15) is 9.59 Å². The lowest BCUT2D eigenvalue weighted by Gasteiger charge is -2.30. The van der Waals surface area contributed by atoms with Gasteiger partial charge in [-0.3, -0.25) is 4.90 Å². The monoisotopic (exact) mass is 269 g/mol. The van der Waals surface area contributed by atoms with Gasteiger partial charge in [0, 0.05) is 0 Å². The fraction of sp³-hybridized carbons (Fsp3) is 0.714. The van der Waals surface area contributed by atoms with Crippen LogP contribution in [0.2, 0.25) is 0 Å². The third kappa shape index (κ3) is 3.49. The van der Waals surface area contributed by atoms with Crippen LogP contribution in [0.15, 0.2) is 12.7 Å². The zero-order valence-electron chi connectivity index (χ0n) is 12.3. The Morgan fingerprint density at radius 3 is 2.37 bits per heavy atom. The predicted molar refractivity (Wildman–Crippen MR) is 71.6 cm³/mol. The van der Waals surface area contributed by atoms with Gasteiger partial charge >= 0.3 is 12.1 Å². The summed E-state index contributed by atoms with van der Waals surface area (Å²) in [4.78, 5) is 25.5. The van der Waals surface area contributed by atoms with Gasteiger partial charge in [-0.25, -0.2) is 9.59 Å². The van der Waals surface area contributed by atoms with Crippen molar-refractivity contribution in [1.29, 1.82) is 0 Å². The van der Waals surface area contributed by atoms with Gasteiger partial charge in [-0.05, 0) is 33.1 Å². The van der Waals surface area contributed by atoms with E-state index in [1.54, 1.807) is 26.8 Å². The molecule has 1 aliphatic heterocycles. The van der Waals surface area contributed by atoms with Gasteiger partial charge in [-0.1, -0.05) is 13.0 Å². The maximum atomic E-state index is 12.3. The molecule has 0 aromatic heterocycles. The molecule has 1 rings (SSSR count). The van der Waals surface area contributed by atoms with E-state index < -0.39 is 23.7 Å². The highest BCUT2D eigenvalue weighted by Gasteiger charge is 2.46. The molecule has 5 heteroatoms. The minimum atomic E-state index is -0.602. The number of ether oxygens (including phenoxy) is 2. The lowest BCUT2D eigenvalue weighted by molar-refractivity contribution is -0.146. The van der Waals surface area contributed by atoms with E-state index in [2.05, 4.69) is 6.58 Å². The summed E-state index contributed by atoms with van der Waals surface area (Å²) in [6, 6.07) is -0.809. The van der Waals surface area contributed by atoms with Crippen LogP contribution < -0.4 is 0 Å². The minimum Gasteiger partial charge on any atom is -0.467 e. The van der Waals surface area contributed by atoms with Crippen LogP contribution in [0.4, 0.5) is 4.79 Å². The number of likely N-dealkylation sites (tertiary alicyclic amines) is 1. The van der Waals surface area contributed by atoms with Crippen molar-refractivity contribution in [3.63, 3.8) is 0 Å². The van der Waals surface area contributed by atoms with Gasteiger partial charge in [-0.15, -0.1) is 6.58 Å². The van der Waals surface area contributed by atoms with E-state index in [0.29, 0.717) is 6.42 Å². The first-order valence-corrected chi connectivity index (χ1v) is 6.43. The SMILES string of the molecule is C=C[C@@H]1[C@H](C)C[C@@H](C(=O)OC)N1C(=O)OC(C)(C)C. The van der Waals surface area contributed by atoms with Crippen molar-refractivity contribution in [3.05, 3.63) is 12.7 Å². The Morgan fingerprint density at radius 1 is 1.37 bits per heavy atom. The Bertz CT molecular complexity index is 372. The van der Waals surface area contributed by atoms with Gasteiger partial charge in [0.1, 0.15) is 11.6 Å². The number of hydrogen-bond donors (Lipinski definition) is 0. The average molecular weight is 269 g/mol. The summed E-state index contributed by atoms with van der Waals surface area (Å²) in [5, 5.41) is 0. The fourth-order valence-electron chi connectivity index (χ4n) is 2.34. The van der Waals surface area contributed by atoms with Crippen LogP contribution in [0.5, 0.6) is 0 Å². The molecule has 19 heavy (non-hydrogen) atoms. The van der Waals surface area contributed by atoms with Crippen molar-refractivity contribution in [2.24, 2.45) is 5.92 Å². The first-order valence-electron chi connectivity index (χ1n) is 6.43. The summed E-state index contributed by atoms with van der Waals surface area (Å²) in [5.74, 6) is -0.267. The minimum absolute atomic E-state index is 0.147. The van der Waals surface area contributed by atoms with Gasteiger partial charge < -0.3 is 9.47 Å². The van der Waals surface area contributed by atoms with Crippen LogP contribution in [0.1, 0.15) is 34.1 Å². The van der Waals surface area contributed by atoms with E-state index in [4.69, 9.17) is 9.47 Å². The molecule has 3 atom stereocenters. The molecule has 0 aromatic carbocycles. The molecule has 5 nitrogen and oxygen atoms in total. The second-order valence-corrected chi connectivity index (χ2v) is 5.87. The molecule has 0 N–H and O–H groups in total. The summed E-state index contributed by atoms with van der Waals surface area (Å²) in [6.45, 7) is 11.1. The van der Waals surface area contributed by atoms with Crippen LogP contribution >= 0.6 is 0 Å². The molecule has 0 aliphatic carbocycles. The van der Waals surface area contributed by atoms with Crippen LogP contribution in [-0.4, -0.2) is 41.8 Å². The molecule has 0 unspecified atom stereocenters. The number of amides is 1. The number of nitrogens with zero attached hydrogens (tertiary/aromatic N) is 1. The molecular weight excluding hydrogens is 246 g/mol. The summed E-state index contributed by atoms with van der Waals surface area (Å²) < 4.78 is 10.1. The summed E-state index contributed by atoms with van der Waals surface area (Å²) >= 11 is 0. The second kappa shape index (κ2) is 5.63. The molecule has 1 amide bonds. The quantitative estimate of drug-likeness (QED) is 0.570. The van der Waals surface area contributed by atoms with Crippen molar-refractivity contribution < 1.29 is 19.1 Å². The zero-order valence-corrected chi connectivity index (χ0v) is 12.3. The average Bonchev–Trinajstić information content (AvgIpc) is 2.62. The van der Waals surface area contributed by atoms with Crippen molar-refractivity contribution >= 4 is 12.1 Å². The first kappa shape index (κ1) is 15.5. The molecule has 1 aliphatic rings. The Hall–Kier alpha value is -1.52. The molecule has 0 spiro atoms. The smallest absolute Gasteiger partial charge is 0.411 e. The van der Waals surface area contributed by atoms with Gasteiger partial charge in [-0.2, -0.15) is 0 Å². The molecule has 0 bridgehead atoms. The maximum Gasteiger partial charge on any atom is 0.411 e. The Balaban J connectivity index is 2.98. The maximum absolute atomic E-state index is 12.3. The Kier molecular flexibility index (Phi) is 4.61. The van der Waals surface area contributed by atoms with Crippen molar-refractivity contribution in [2.75, 3.05) is 7.11 Å². The highest BCUT2D eigenvalue weighted by molar-refractivity contribution is 5.82. The number of methoxy groups -OCH3 is 1. The van der Waals surface area contributed by atoms with Gasteiger partial charge in [0.05, 0.1) is 13.2 Å². The largest absolute Gasteiger partial charge is 0.467 e. The number of rotatable bonds is 2. The van der Waals surface area contributed by atoms with Gasteiger partial charge in [0.2, 0.25) is 0 Å². The van der Waals surface area contributed by atoms with Crippen molar-refractivity contribution in [3.8, 4) is 0 Å². The van der Waals surface area contributed by atoms with Crippen molar-refractivity contribution in [2.45, 2.75) is 51.8 Å². The molecule has 0 saturated carbocycles. The number of esters is 1. The van der Waals surface area contributed by atoms with E-state index in [-0.39, 0.29) is 12.0 Å². The molecule has 0 aromatic rings. The molecule has 1 fully saturated rings. The summed E-state index contributed by atoms with van der Waals surface area (Å²) in [7, 11) is 1.32. The molecular formula is C14H23NO4. The first-order chi connectivity index (χ1) is 8.71. The highest BCUT2D eigenvalue weighted by Crippen LogP contribution is 2.32. The molecule has 0 radical (unpaired) electrons. The van der Waals surface area contributed by atoms with Crippen LogP contribution in [-0.2, 0) is 14.3 Å². The third-order valence-electron chi connectivity index (χ3n) is 3.15. The van der Waals surface area contributed by atoms with Crippen LogP contribution in [0, 0.1) is 5.92 Å². The highest BCUT2D eigenvalue weighted by atomic mass is 16.6. The normalized spacial score (nSPS) is 27.0. The topological polar surface area (TPSA) is 55.8 Å². The number of hydrogen-bond acceptors (Lipinski definition) is 4. The lowest BCUT2D eigenvalue weighted by Crippen LogP contribution is -2.47. The summed E-state index contributed by atoms with van der Waals surface area (Å²) in [6.07, 6.45) is 1.73. The van der Waals surface area contributed by atoms with Crippen LogP contribution in [0.25, 0.3) is 0 Å². The fourth-order valence-corrected chi connectivity index (χ4v) is 2.34. The lowest BCUT2D eigenvalue weighted by atomic mass is 10.0. The zero-order chi connectivity index (χ0) is 14.8. The van der Waals surface area contributed by atoms with E-state index in [0.717, 1.165) is 0 Å². The van der Waals surface area contributed by atoms with E-state index in [1.807, 2.05) is 6.92 Å². The standard InChI is InChI=1S/C14H23NO4/c1-7-10-9(2)8-11(12(16)18-6)15(10)13(17)19-14(3,4)5/h7,9-11H,1,8H2,2-6H3/t9-,10-,11+/m1/s1. The van der Waals surface area contributed by atoms with Gasteiger partial charge in [0.15, 0.2) is 0 Å². The number of carbonyl (C=O) groups is 2.